The molecule has 0 spiro atoms. The Labute approximate surface area is 154 Å². The van der Waals surface area contributed by atoms with Gasteiger partial charge in [0.05, 0.1) is 11.9 Å². The van der Waals surface area contributed by atoms with E-state index in [0.717, 1.165) is 55.5 Å². The molecule has 0 amide bonds. The van der Waals surface area contributed by atoms with Crippen LogP contribution >= 0.6 is 0 Å². The van der Waals surface area contributed by atoms with Crippen molar-refractivity contribution < 1.29 is 9.57 Å². The van der Waals surface area contributed by atoms with Gasteiger partial charge in [0.2, 0.25) is 0 Å². The second-order valence-corrected chi connectivity index (χ2v) is 6.20. The van der Waals surface area contributed by atoms with Crippen LogP contribution in [0.2, 0.25) is 0 Å². The quantitative estimate of drug-likeness (QED) is 0.559. The maximum Gasteiger partial charge on any atom is 0.151 e. The van der Waals surface area contributed by atoms with E-state index in [4.69, 9.17) is 9.57 Å². The summed E-state index contributed by atoms with van der Waals surface area (Å²) in [4.78, 5) is 9.39. The first-order chi connectivity index (χ1) is 12.7. The third-order valence-electron chi connectivity index (χ3n) is 4.32. The zero-order chi connectivity index (χ0) is 18.2. The number of hydrogen-bond acceptors (Lipinski definition) is 7. The highest BCUT2D eigenvalue weighted by Gasteiger charge is 2.18. The Hall–Kier alpha value is -2.67. The second-order valence-electron chi connectivity index (χ2n) is 6.20. The molecule has 1 aromatic carbocycles. The first-order valence-electron chi connectivity index (χ1n) is 8.81. The summed E-state index contributed by atoms with van der Waals surface area (Å²) in [7, 11) is 1.53. The van der Waals surface area contributed by atoms with Crippen molar-refractivity contribution in [3.63, 3.8) is 0 Å². The van der Waals surface area contributed by atoms with Crippen molar-refractivity contribution in [2.75, 3.05) is 51.3 Å². The molecule has 1 aliphatic rings. The number of oxime groups is 1. The Kier molecular flexibility index (Phi) is 6.38. The lowest BCUT2D eigenvalue weighted by Crippen LogP contribution is -2.47. The Morgan fingerprint density at radius 2 is 1.96 bits per heavy atom. The van der Waals surface area contributed by atoms with E-state index in [-0.39, 0.29) is 0 Å². The Balaban J connectivity index is 1.41. The molecule has 1 aromatic heterocycles. The minimum absolute atomic E-state index is 0.662. The van der Waals surface area contributed by atoms with Crippen LogP contribution < -0.4 is 9.64 Å². The number of piperazine rings is 1. The monoisotopic (exact) mass is 355 g/mol. The van der Waals surface area contributed by atoms with Crippen LogP contribution in [0.4, 0.5) is 5.82 Å². The van der Waals surface area contributed by atoms with Gasteiger partial charge < -0.3 is 14.5 Å². The van der Waals surface area contributed by atoms with Gasteiger partial charge in [0.1, 0.15) is 19.5 Å². The van der Waals surface area contributed by atoms with Crippen LogP contribution in [0.1, 0.15) is 11.3 Å². The molecule has 2 aromatic rings. The van der Waals surface area contributed by atoms with Gasteiger partial charge in [-0.05, 0) is 36.8 Å². The van der Waals surface area contributed by atoms with Crippen LogP contribution in [-0.2, 0) is 4.84 Å². The zero-order valence-electron chi connectivity index (χ0n) is 15.3. The third kappa shape index (κ3) is 5.16. The molecule has 3 rings (SSSR count). The molecular weight excluding hydrogens is 330 g/mol. The van der Waals surface area contributed by atoms with E-state index in [9.17, 15) is 0 Å². The zero-order valence-corrected chi connectivity index (χ0v) is 15.3. The molecule has 2 heterocycles. The van der Waals surface area contributed by atoms with Crippen molar-refractivity contribution in [3.05, 3.63) is 47.7 Å². The lowest BCUT2D eigenvalue weighted by Gasteiger charge is -2.35. The van der Waals surface area contributed by atoms with Crippen molar-refractivity contribution in [1.82, 2.24) is 15.1 Å². The number of benzene rings is 1. The largest absolute Gasteiger partial charge is 0.492 e. The van der Waals surface area contributed by atoms with Crippen LogP contribution in [-0.4, -0.2) is 67.8 Å². The molecule has 7 nitrogen and oxygen atoms in total. The number of anilines is 1. The van der Waals surface area contributed by atoms with Gasteiger partial charge in [0.15, 0.2) is 5.82 Å². The van der Waals surface area contributed by atoms with Gasteiger partial charge in [0, 0.05) is 32.7 Å². The summed E-state index contributed by atoms with van der Waals surface area (Å²) in [6.07, 6.45) is 1.67. The molecule has 26 heavy (non-hydrogen) atoms. The fourth-order valence-electron chi connectivity index (χ4n) is 2.85. The van der Waals surface area contributed by atoms with Gasteiger partial charge >= 0.3 is 0 Å². The topological polar surface area (TPSA) is 63.1 Å². The molecular formula is C19H25N5O2. The number of ether oxygens (including phenoxy) is 1. The van der Waals surface area contributed by atoms with Gasteiger partial charge in [-0.1, -0.05) is 17.3 Å². The number of nitrogens with zero attached hydrogens (tertiary/aromatic N) is 5. The van der Waals surface area contributed by atoms with Crippen molar-refractivity contribution in [2.45, 2.75) is 6.92 Å². The predicted molar refractivity (Wildman–Crippen MR) is 102 cm³/mol. The lowest BCUT2D eigenvalue weighted by atomic mass is 10.2. The fourth-order valence-corrected chi connectivity index (χ4v) is 2.85. The van der Waals surface area contributed by atoms with Gasteiger partial charge in [-0.15, -0.1) is 5.10 Å². The van der Waals surface area contributed by atoms with Crippen molar-refractivity contribution in [3.8, 4) is 5.75 Å². The van der Waals surface area contributed by atoms with E-state index in [1.807, 2.05) is 43.3 Å². The molecule has 1 saturated heterocycles. The average Bonchev–Trinajstić information content (AvgIpc) is 2.68. The SMILES string of the molecule is CON=Cc1cccc(OCCN2CCN(c3ccc(C)nn3)CC2)c1. The number of aryl methyl sites for hydroxylation is 1. The molecule has 0 atom stereocenters. The van der Waals surface area contributed by atoms with E-state index < -0.39 is 0 Å². The van der Waals surface area contributed by atoms with E-state index in [2.05, 4.69) is 25.2 Å². The summed E-state index contributed by atoms with van der Waals surface area (Å²) in [5.41, 5.74) is 1.90. The van der Waals surface area contributed by atoms with Gasteiger partial charge in [-0.25, -0.2) is 0 Å². The number of rotatable bonds is 7. The average molecular weight is 355 g/mol. The Morgan fingerprint density at radius 1 is 1.12 bits per heavy atom. The molecule has 138 valence electrons. The minimum atomic E-state index is 0.662. The first kappa shape index (κ1) is 18.1. The predicted octanol–water partition coefficient (Wildman–Crippen LogP) is 1.97. The summed E-state index contributed by atoms with van der Waals surface area (Å²) in [6.45, 7) is 7.44. The molecule has 7 heteroatoms. The normalized spacial score (nSPS) is 15.4. The Bertz CT molecular complexity index is 712. The molecule has 0 aliphatic carbocycles. The van der Waals surface area contributed by atoms with E-state index in [0.29, 0.717) is 6.61 Å². The van der Waals surface area contributed by atoms with Gasteiger partial charge in [-0.3, -0.25) is 4.90 Å². The smallest absolute Gasteiger partial charge is 0.151 e. The maximum absolute atomic E-state index is 5.87. The van der Waals surface area contributed by atoms with Crippen molar-refractivity contribution in [1.29, 1.82) is 0 Å². The summed E-state index contributed by atoms with van der Waals surface area (Å²) in [5.74, 6) is 1.81. The summed E-state index contributed by atoms with van der Waals surface area (Å²) < 4.78 is 5.87. The number of aromatic nitrogens is 2. The highest BCUT2D eigenvalue weighted by molar-refractivity contribution is 5.79. The first-order valence-corrected chi connectivity index (χ1v) is 8.81. The van der Waals surface area contributed by atoms with E-state index in [1.54, 1.807) is 6.21 Å². The maximum atomic E-state index is 5.87. The fraction of sp³-hybridized carbons (Fsp3) is 0.421. The van der Waals surface area contributed by atoms with Crippen molar-refractivity contribution in [2.24, 2.45) is 5.16 Å². The highest BCUT2D eigenvalue weighted by Crippen LogP contribution is 2.14. The Morgan fingerprint density at radius 3 is 2.69 bits per heavy atom. The molecule has 0 unspecified atom stereocenters. The van der Waals surface area contributed by atoms with Crippen LogP contribution in [0, 0.1) is 6.92 Å². The summed E-state index contributed by atoms with van der Waals surface area (Å²) >= 11 is 0. The summed E-state index contributed by atoms with van der Waals surface area (Å²) in [6, 6.07) is 11.9. The molecule has 0 bridgehead atoms. The molecule has 0 radical (unpaired) electrons. The standard InChI is InChI=1S/C19H25N5O2/c1-16-6-7-19(22-21-16)24-10-8-23(9-11-24)12-13-26-18-5-3-4-17(14-18)15-20-25-2/h3-7,14-15H,8-13H2,1-2H3. The van der Waals surface area contributed by atoms with Gasteiger partial charge in [0.25, 0.3) is 0 Å². The van der Waals surface area contributed by atoms with Crippen LogP contribution in [0.3, 0.4) is 0 Å². The number of hydrogen-bond donors (Lipinski definition) is 0. The van der Waals surface area contributed by atoms with E-state index in [1.165, 1.54) is 7.11 Å². The minimum Gasteiger partial charge on any atom is -0.492 e. The van der Waals surface area contributed by atoms with Gasteiger partial charge in [-0.2, -0.15) is 5.10 Å². The second kappa shape index (κ2) is 9.15. The third-order valence-corrected chi connectivity index (χ3v) is 4.32. The van der Waals surface area contributed by atoms with Crippen LogP contribution in [0.25, 0.3) is 0 Å². The van der Waals surface area contributed by atoms with Crippen molar-refractivity contribution >= 4 is 12.0 Å². The summed E-state index contributed by atoms with van der Waals surface area (Å²) in [5, 5.41) is 12.2. The van der Waals surface area contributed by atoms with Crippen LogP contribution in [0.15, 0.2) is 41.6 Å². The van der Waals surface area contributed by atoms with E-state index >= 15 is 0 Å². The molecule has 0 N–H and O–H groups in total. The lowest BCUT2D eigenvalue weighted by molar-refractivity contribution is 0.200. The van der Waals surface area contributed by atoms with Crippen LogP contribution in [0.5, 0.6) is 5.75 Å². The molecule has 0 saturated carbocycles. The molecule has 1 fully saturated rings. The highest BCUT2D eigenvalue weighted by atomic mass is 16.6. The molecule has 1 aliphatic heterocycles.